The van der Waals surface area contributed by atoms with Crippen LogP contribution in [0.1, 0.15) is 11.1 Å². The topological polar surface area (TPSA) is 70.7 Å². The highest BCUT2D eigenvalue weighted by atomic mass is 35.5. The van der Waals surface area contributed by atoms with Gasteiger partial charge in [0.15, 0.2) is 0 Å². The molecule has 2 aromatic rings. The third kappa shape index (κ3) is 5.21. The highest BCUT2D eigenvalue weighted by molar-refractivity contribution is 6.30. The molecule has 0 aliphatic carbocycles. The number of nitrogens with one attached hydrogen (secondary N) is 2. The number of hydrogen-bond acceptors (Lipinski definition) is 3. The second kappa shape index (κ2) is 8.69. The van der Waals surface area contributed by atoms with Gasteiger partial charge in [-0.15, -0.1) is 0 Å². The summed E-state index contributed by atoms with van der Waals surface area (Å²) in [5, 5.41) is 6.24. The monoisotopic (exact) mass is 373 g/mol. The van der Waals surface area contributed by atoms with Crippen LogP contribution in [0.3, 0.4) is 0 Å². The van der Waals surface area contributed by atoms with Crippen molar-refractivity contribution in [3.05, 3.63) is 64.7 Å². The van der Waals surface area contributed by atoms with Crippen LogP contribution in [0.4, 0.5) is 10.5 Å². The molecule has 0 spiro atoms. The van der Waals surface area contributed by atoms with Gasteiger partial charge in [0.1, 0.15) is 6.61 Å². The molecule has 1 aliphatic heterocycles. The van der Waals surface area contributed by atoms with Crippen LogP contribution < -0.4 is 10.6 Å². The number of morpholine rings is 1. The van der Waals surface area contributed by atoms with Crippen molar-refractivity contribution in [1.29, 1.82) is 0 Å². The van der Waals surface area contributed by atoms with Gasteiger partial charge >= 0.3 is 6.03 Å². The highest BCUT2D eigenvalue weighted by Crippen LogP contribution is 2.13. The maximum absolute atomic E-state index is 12.0. The lowest BCUT2D eigenvalue weighted by Crippen LogP contribution is -2.40. The first-order valence-corrected chi connectivity index (χ1v) is 8.72. The molecule has 1 heterocycles. The van der Waals surface area contributed by atoms with Crippen LogP contribution >= 0.6 is 11.6 Å². The lowest BCUT2D eigenvalue weighted by atomic mass is 10.2. The van der Waals surface area contributed by atoms with Crippen LogP contribution in [0.15, 0.2) is 48.5 Å². The Morgan fingerprint density at radius 3 is 2.46 bits per heavy atom. The van der Waals surface area contributed by atoms with Gasteiger partial charge in [-0.25, -0.2) is 4.79 Å². The first-order valence-electron chi connectivity index (χ1n) is 8.34. The molecule has 0 aromatic heterocycles. The van der Waals surface area contributed by atoms with E-state index in [-0.39, 0.29) is 18.5 Å². The number of ether oxygens (including phenoxy) is 1. The van der Waals surface area contributed by atoms with E-state index in [2.05, 4.69) is 10.6 Å². The number of hydrogen-bond donors (Lipinski definition) is 2. The molecular weight excluding hydrogens is 354 g/mol. The van der Waals surface area contributed by atoms with Gasteiger partial charge < -0.3 is 20.3 Å². The molecule has 1 saturated heterocycles. The Kier molecular flexibility index (Phi) is 6.09. The van der Waals surface area contributed by atoms with E-state index in [1.807, 2.05) is 36.4 Å². The molecule has 0 unspecified atom stereocenters. The fourth-order valence-corrected chi connectivity index (χ4v) is 2.72. The second-order valence-corrected chi connectivity index (χ2v) is 6.44. The lowest BCUT2D eigenvalue weighted by Gasteiger charge is -2.26. The molecule has 2 N–H and O–H groups in total. The first-order chi connectivity index (χ1) is 12.6. The molecule has 2 aromatic carbocycles. The van der Waals surface area contributed by atoms with Crippen LogP contribution in [0.25, 0.3) is 0 Å². The van der Waals surface area contributed by atoms with Crippen molar-refractivity contribution >= 4 is 29.2 Å². The maximum atomic E-state index is 12.0. The molecule has 7 heteroatoms. The molecule has 0 bridgehead atoms. The Morgan fingerprint density at radius 2 is 1.77 bits per heavy atom. The van der Waals surface area contributed by atoms with Crippen LogP contribution in [0, 0.1) is 0 Å². The van der Waals surface area contributed by atoms with Gasteiger partial charge in [-0.1, -0.05) is 35.9 Å². The van der Waals surface area contributed by atoms with Gasteiger partial charge in [-0.2, -0.15) is 0 Å². The largest absolute Gasteiger partial charge is 0.370 e. The summed E-state index contributed by atoms with van der Waals surface area (Å²) in [6.45, 7) is 2.28. The maximum Gasteiger partial charge on any atom is 0.319 e. The number of amides is 3. The minimum Gasteiger partial charge on any atom is -0.370 e. The minimum absolute atomic E-state index is 0.0000266. The number of nitrogens with zero attached hydrogens (tertiary/aromatic N) is 1. The Labute approximate surface area is 157 Å². The van der Waals surface area contributed by atoms with Crippen molar-refractivity contribution in [2.75, 3.05) is 25.1 Å². The van der Waals surface area contributed by atoms with Crippen molar-refractivity contribution in [3.8, 4) is 0 Å². The number of benzene rings is 2. The van der Waals surface area contributed by atoms with Crippen LogP contribution in [0.2, 0.25) is 5.02 Å². The van der Waals surface area contributed by atoms with Crippen molar-refractivity contribution in [2.45, 2.75) is 13.1 Å². The highest BCUT2D eigenvalue weighted by Gasteiger charge is 2.18. The van der Waals surface area contributed by atoms with Crippen molar-refractivity contribution < 1.29 is 14.3 Å². The molecule has 3 amide bonds. The summed E-state index contributed by atoms with van der Waals surface area (Å²) in [6.07, 6.45) is 0. The van der Waals surface area contributed by atoms with E-state index in [0.29, 0.717) is 37.0 Å². The van der Waals surface area contributed by atoms with Crippen molar-refractivity contribution in [3.63, 3.8) is 0 Å². The Hall–Kier alpha value is -2.57. The number of urea groups is 1. The normalized spacial score (nSPS) is 14.2. The van der Waals surface area contributed by atoms with E-state index in [1.54, 1.807) is 17.0 Å². The summed E-state index contributed by atoms with van der Waals surface area (Å²) in [5.74, 6) is 0.0000266. The zero-order valence-corrected chi connectivity index (χ0v) is 15.0. The van der Waals surface area contributed by atoms with Crippen molar-refractivity contribution in [1.82, 2.24) is 10.2 Å². The molecule has 1 fully saturated rings. The number of anilines is 1. The summed E-state index contributed by atoms with van der Waals surface area (Å²) in [4.78, 5) is 25.5. The summed E-state index contributed by atoms with van der Waals surface area (Å²) < 4.78 is 5.12. The quantitative estimate of drug-likeness (QED) is 0.846. The fraction of sp³-hybridized carbons (Fsp3) is 0.263. The molecule has 3 rings (SSSR count). The summed E-state index contributed by atoms with van der Waals surface area (Å²) in [7, 11) is 0. The Balaban J connectivity index is 1.48. The molecule has 0 atom stereocenters. The molecule has 6 nitrogen and oxygen atoms in total. The SMILES string of the molecule is O=C(NCc1ccc(Cl)cc1)Nc1ccc(CN2CCOCC2=O)cc1. The average molecular weight is 374 g/mol. The first kappa shape index (κ1) is 18.2. The van der Waals surface area contributed by atoms with E-state index < -0.39 is 0 Å². The Morgan fingerprint density at radius 1 is 1.08 bits per heavy atom. The number of rotatable bonds is 5. The molecule has 0 saturated carbocycles. The van der Waals surface area contributed by atoms with Gasteiger partial charge in [-0.3, -0.25) is 4.79 Å². The standard InChI is InChI=1S/C19H20ClN3O3/c20-16-5-1-14(2-6-16)11-21-19(25)22-17-7-3-15(4-8-17)12-23-9-10-26-13-18(23)24/h1-8H,9-13H2,(H2,21,22,25). The summed E-state index contributed by atoms with van der Waals surface area (Å²) >= 11 is 5.84. The van der Waals surface area contributed by atoms with Crippen molar-refractivity contribution in [2.24, 2.45) is 0 Å². The van der Waals surface area contributed by atoms with E-state index in [0.717, 1.165) is 11.1 Å². The smallest absolute Gasteiger partial charge is 0.319 e. The molecule has 26 heavy (non-hydrogen) atoms. The van der Waals surface area contributed by atoms with Gasteiger partial charge in [0.2, 0.25) is 5.91 Å². The van der Waals surface area contributed by atoms with Crippen LogP contribution in [-0.2, 0) is 22.6 Å². The number of carbonyl (C=O) groups excluding carboxylic acids is 2. The Bertz CT molecular complexity index is 763. The third-order valence-corrected chi connectivity index (χ3v) is 4.29. The van der Waals surface area contributed by atoms with E-state index in [9.17, 15) is 9.59 Å². The number of carbonyl (C=O) groups is 2. The predicted octanol–water partition coefficient (Wildman–Crippen LogP) is 3.02. The van der Waals surface area contributed by atoms with Crippen LogP contribution in [0.5, 0.6) is 0 Å². The molecule has 136 valence electrons. The molecular formula is C19H20ClN3O3. The van der Waals surface area contributed by atoms with E-state index >= 15 is 0 Å². The second-order valence-electron chi connectivity index (χ2n) is 6.00. The zero-order valence-electron chi connectivity index (χ0n) is 14.2. The predicted molar refractivity (Wildman–Crippen MR) is 100.0 cm³/mol. The minimum atomic E-state index is -0.281. The average Bonchev–Trinajstić information content (AvgIpc) is 2.65. The van der Waals surface area contributed by atoms with Gasteiger partial charge in [-0.05, 0) is 35.4 Å². The molecule has 1 aliphatic rings. The third-order valence-electron chi connectivity index (χ3n) is 4.04. The van der Waals surface area contributed by atoms with Crippen LogP contribution in [-0.4, -0.2) is 36.6 Å². The number of halogens is 1. The van der Waals surface area contributed by atoms with Gasteiger partial charge in [0, 0.05) is 30.3 Å². The van der Waals surface area contributed by atoms with Gasteiger partial charge in [0.05, 0.1) is 6.61 Å². The fourth-order valence-electron chi connectivity index (χ4n) is 2.59. The van der Waals surface area contributed by atoms with E-state index in [4.69, 9.17) is 16.3 Å². The summed E-state index contributed by atoms with van der Waals surface area (Å²) in [6, 6.07) is 14.5. The molecule has 0 radical (unpaired) electrons. The van der Waals surface area contributed by atoms with Gasteiger partial charge in [0.25, 0.3) is 0 Å². The lowest BCUT2D eigenvalue weighted by molar-refractivity contribution is -0.143. The summed E-state index contributed by atoms with van der Waals surface area (Å²) in [5.41, 5.74) is 2.66. The van der Waals surface area contributed by atoms with E-state index in [1.165, 1.54) is 0 Å². The zero-order chi connectivity index (χ0) is 18.4.